The molecule has 1 aromatic rings. The van der Waals surface area contributed by atoms with Crippen molar-refractivity contribution in [3.8, 4) is 5.75 Å². The van der Waals surface area contributed by atoms with Crippen LogP contribution in [0.4, 0.5) is 0 Å². The summed E-state index contributed by atoms with van der Waals surface area (Å²) in [7, 11) is 0. The van der Waals surface area contributed by atoms with Crippen LogP contribution >= 0.6 is 11.6 Å². The van der Waals surface area contributed by atoms with E-state index in [9.17, 15) is 0 Å². The van der Waals surface area contributed by atoms with E-state index < -0.39 is 0 Å². The summed E-state index contributed by atoms with van der Waals surface area (Å²) < 4.78 is 5.86. The first kappa shape index (κ1) is 17.6. The lowest BCUT2D eigenvalue weighted by Gasteiger charge is -2.26. The number of halogens is 1. The number of nitrogens with zero attached hydrogens (tertiary/aromatic N) is 1. The highest BCUT2D eigenvalue weighted by molar-refractivity contribution is 6.17. The fourth-order valence-electron chi connectivity index (χ4n) is 2.81. The van der Waals surface area contributed by atoms with E-state index in [1.165, 1.54) is 37.9 Å². The maximum atomic E-state index is 5.86. The molecule has 0 spiro atoms. The molecule has 0 unspecified atom stereocenters. The predicted molar refractivity (Wildman–Crippen MR) is 93.9 cm³/mol. The Bertz CT molecular complexity index is 408. The van der Waals surface area contributed by atoms with Gasteiger partial charge in [-0.3, -0.25) is 4.90 Å². The Kier molecular flexibility index (Phi) is 8.69. The maximum Gasteiger partial charge on any atom is 0.119 e. The van der Waals surface area contributed by atoms with Crippen LogP contribution in [0.3, 0.4) is 0 Å². The minimum atomic E-state index is 0.729. The van der Waals surface area contributed by atoms with Gasteiger partial charge in [-0.25, -0.2) is 0 Å². The molecule has 2 rings (SSSR count). The van der Waals surface area contributed by atoms with Gasteiger partial charge in [-0.2, -0.15) is 0 Å². The van der Waals surface area contributed by atoms with Gasteiger partial charge in [-0.1, -0.05) is 18.6 Å². The first-order valence-corrected chi connectivity index (χ1v) is 9.13. The lowest BCUT2D eigenvalue weighted by Crippen LogP contribution is -2.29. The number of benzene rings is 1. The van der Waals surface area contributed by atoms with Gasteiger partial charge in [0.1, 0.15) is 5.75 Å². The third-order valence-corrected chi connectivity index (χ3v) is 4.27. The summed E-state index contributed by atoms with van der Waals surface area (Å²) in [5, 5.41) is 3.37. The summed E-state index contributed by atoms with van der Waals surface area (Å²) in [4.78, 5) is 2.55. The first-order chi connectivity index (χ1) is 10.9. The largest absolute Gasteiger partial charge is 0.494 e. The van der Waals surface area contributed by atoms with Crippen LogP contribution in [0, 0.1) is 0 Å². The molecule has 0 amide bonds. The molecule has 0 bridgehead atoms. The van der Waals surface area contributed by atoms with Crippen molar-refractivity contribution in [3.05, 3.63) is 29.8 Å². The Balaban J connectivity index is 1.65. The normalized spacial score (nSPS) is 15.9. The van der Waals surface area contributed by atoms with Gasteiger partial charge in [0.25, 0.3) is 0 Å². The second-order valence-corrected chi connectivity index (χ2v) is 6.36. The van der Waals surface area contributed by atoms with E-state index in [2.05, 4.69) is 34.5 Å². The van der Waals surface area contributed by atoms with E-state index in [0.29, 0.717) is 0 Å². The molecular formula is C18H29ClN2O. The fourth-order valence-corrected chi connectivity index (χ4v) is 2.95. The van der Waals surface area contributed by atoms with Gasteiger partial charge in [0, 0.05) is 12.4 Å². The Morgan fingerprint density at radius 2 is 1.91 bits per heavy atom. The van der Waals surface area contributed by atoms with Crippen LogP contribution in [0.2, 0.25) is 0 Å². The standard InChI is InChI=1S/C18H29ClN2O/c19-9-5-10-20-11-6-14-22-18-8-4-7-17(15-18)16-21-12-2-1-3-13-21/h4,7-8,15,20H,1-3,5-6,9-14,16H2. The monoisotopic (exact) mass is 324 g/mol. The molecule has 22 heavy (non-hydrogen) atoms. The van der Waals surface area contributed by atoms with Crippen molar-refractivity contribution in [1.29, 1.82) is 0 Å². The number of alkyl halides is 1. The van der Waals surface area contributed by atoms with Crippen molar-refractivity contribution in [1.82, 2.24) is 10.2 Å². The van der Waals surface area contributed by atoms with E-state index >= 15 is 0 Å². The van der Waals surface area contributed by atoms with Crippen LogP contribution in [0.25, 0.3) is 0 Å². The van der Waals surface area contributed by atoms with Crippen molar-refractivity contribution < 1.29 is 4.74 Å². The topological polar surface area (TPSA) is 24.5 Å². The summed E-state index contributed by atoms with van der Waals surface area (Å²) in [5.41, 5.74) is 1.36. The van der Waals surface area contributed by atoms with E-state index in [1.54, 1.807) is 0 Å². The van der Waals surface area contributed by atoms with Gasteiger partial charge in [-0.15, -0.1) is 11.6 Å². The zero-order valence-electron chi connectivity index (χ0n) is 13.5. The number of nitrogens with one attached hydrogen (secondary N) is 1. The quantitative estimate of drug-likeness (QED) is 0.525. The summed E-state index contributed by atoms with van der Waals surface area (Å²) in [6.07, 6.45) is 6.12. The number of ether oxygens (including phenoxy) is 1. The average molecular weight is 325 g/mol. The molecule has 1 fully saturated rings. The average Bonchev–Trinajstić information content (AvgIpc) is 2.55. The molecule has 3 nitrogen and oxygen atoms in total. The zero-order valence-corrected chi connectivity index (χ0v) is 14.3. The first-order valence-electron chi connectivity index (χ1n) is 8.59. The van der Waals surface area contributed by atoms with Crippen molar-refractivity contribution in [2.75, 3.05) is 38.7 Å². The SMILES string of the molecule is ClCCCNCCCOc1cccc(CN2CCCCC2)c1. The van der Waals surface area contributed by atoms with Crippen molar-refractivity contribution in [3.63, 3.8) is 0 Å². The molecule has 0 saturated carbocycles. The van der Waals surface area contributed by atoms with E-state index in [-0.39, 0.29) is 0 Å². The number of likely N-dealkylation sites (tertiary alicyclic amines) is 1. The molecule has 0 aromatic heterocycles. The van der Waals surface area contributed by atoms with Gasteiger partial charge in [0.2, 0.25) is 0 Å². The number of hydrogen-bond donors (Lipinski definition) is 1. The van der Waals surface area contributed by atoms with E-state index in [1.807, 2.05) is 0 Å². The molecule has 0 radical (unpaired) electrons. The Morgan fingerprint density at radius 1 is 1.09 bits per heavy atom. The smallest absolute Gasteiger partial charge is 0.119 e. The highest BCUT2D eigenvalue weighted by Gasteiger charge is 2.10. The molecule has 0 aliphatic carbocycles. The van der Waals surface area contributed by atoms with Crippen LogP contribution in [0.1, 0.15) is 37.7 Å². The third kappa shape index (κ3) is 6.99. The molecule has 4 heteroatoms. The van der Waals surface area contributed by atoms with Crippen molar-refractivity contribution >= 4 is 11.6 Å². The van der Waals surface area contributed by atoms with Gasteiger partial charge < -0.3 is 10.1 Å². The summed E-state index contributed by atoms with van der Waals surface area (Å²) in [5.74, 6) is 1.73. The Labute approximate surface area is 140 Å². The molecule has 1 N–H and O–H groups in total. The highest BCUT2D eigenvalue weighted by atomic mass is 35.5. The number of rotatable bonds is 10. The minimum Gasteiger partial charge on any atom is -0.494 e. The summed E-state index contributed by atoms with van der Waals surface area (Å²) in [6, 6.07) is 8.55. The third-order valence-electron chi connectivity index (χ3n) is 4.01. The lowest BCUT2D eigenvalue weighted by molar-refractivity contribution is 0.220. The van der Waals surface area contributed by atoms with Crippen LogP contribution < -0.4 is 10.1 Å². The minimum absolute atomic E-state index is 0.729. The lowest BCUT2D eigenvalue weighted by atomic mass is 10.1. The fraction of sp³-hybridized carbons (Fsp3) is 0.667. The van der Waals surface area contributed by atoms with Gasteiger partial charge in [0.05, 0.1) is 6.61 Å². The van der Waals surface area contributed by atoms with Gasteiger partial charge in [0.15, 0.2) is 0 Å². The number of hydrogen-bond acceptors (Lipinski definition) is 3. The number of piperidine rings is 1. The van der Waals surface area contributed by atoms with Crippen LogP contribution in [0.5, 0.6) is 5.75 Å². The molecule has 1 saturated heterocycles. The molecule has 1 aliphatic rings. The van der Waals surface area contributed by atoms with Crippen LogP contribution in [-0.2, 0) is 6.54 Å². The molecule has 1 heterocycles. The summed E-state index contributed by atoms with van der Waals surface area (Å²) in [6.45, 7) is 6.27. The molecular weight excluding hydrogens is 296 g/mol. The molecule has 124 valence electrons. The molecule has 0 atom stereocenters. The maximum absolute atomic E-state index is 5.86. The Hall–Kier alpha value is -0.770. The Morgan fingerprint density at radius 3 is 2.73 bits per heavy atom. The van der Waals surface area contributed by atoms with Crippen LogP contribution in [-0.4, -0.2) is 43.6 Å². The van der Waals surface area contributed by atoms with E-state index in [0.717, 1.165) is 50.7 Å². The van der Waals surface area contributed by atoms with Gasteiger partial charge in [-0.05, 0) is 69.6 Å². The second-order valence-electron chi connectivity index (χ2n) is 5.98. The van der Waals surface area contributed by atoms with E-state index in [4.69, 9.17) is 16.3 Å². The highest BCUT2D eigenvalue weighted by Crippen LogP contribution is 2.17. The zero-order chi connectivity index (χ0) is 15.5. The molecule has 1 aliphatic heterocycles. The van der Waals surface area contributed by atoms with Crippen molar-refractivity contribution in [2.45, 2.75) is 38.6 Å². The predicted octanol–water partition coefficient (Wildman–Crippen LogP) is 3.66. The van der Waals surface area contributed by atoms with Crippen molar-refractivity contribution in [2.24, 2.45) is 0 Å². The summed E-state index contributed by atoms with van der Waals surface area (Å²) >= 11 is 5.64. The van der Waals surface area contributed by atoms with Crippen LogP contribution in [0.15, 0.2) is 24.3 Å². The molecule has 1 aromatic carbocycles. The second kappa shape index (κ2) is 10.9. The van der Waals surface area contributed by atoms with Gasteiger partial charge >= 0.3 is 0 Å².